The highest BCUT2D eigenvalue weighted by Crippen LogP contribution is 2.30. The maximum absolute atomic E-state index is 12.7. The standard InChI is InChI=1S/C23H23N7O3.CH4O3S/c1-13-4-7-16(11-17(13)24-23(32)18-10-14(2)27-29(18)3)33-21-9-8-20-25-19(12-30(20)28-21)26-22(31)15-5-6-15;1-5(2,3)4/h4,7-12,15H,5-6H2,1-3H3,(H,24,32)(H,26,31);1H3,(H,2,3,4). The Kier molecular flexibility index (Phi) is 7.46. The highest BCUT2D eigenvalue weighted by molar-refractivity contribution is 7.85. The highest BCUT2D eigenvalue weighted by atomic mass is 32.2. The topological polar surface area (TPSA) is 170 Å². The van der Waals surface area contributed by atoms with Crippen LogP contribution in [-0.2, 0) is 22.0 Å². The van der Waals surface area contributed by atoms with Crippen molar-refractivity contribution in [2.45, 2.75) is 26.7 Å². The molecule has 13 nitrogen and oxygen atoms in total. The molecule has 0 aliphatic heterocycles. The van der Waals surface area contributed by atoms with Crippen molar-refractivity contribution in [3.8, 4) is 11.6 Å². The van der Waals surface area contributed by atoms with Crippen molar-refractivity contribution in [2.75, 3.05) is 16.9 Å². The van der Waals surface area contributed by atoms with Gasteiger partial charge in [-0.15, -0.1) is 5.10 Å². The molecule has 200 valence electrons. The number of rotatable bonds is 6. The van der Waals surface area contributed by atoms with E-state index in [1.54, 1.807) is 52.8 Å². The van der Waals surface area contributed by atoms with Crippen LogP contribution < -0.4 is 15.4 Å². The Labute approximate surface area is 218 Å². The van der Waals surface area contributed by atoms with Gasteiger partial charge >= 0.3 is 0 Å². The third-order valence-corrected chi connectivity index (χ3v) is 5.41. The summed E-state index contributed by atoms with van der Waals surface area (Å²) in [6, 6.07) is 10.6. The normalized spacial score (nSPS) is 13.0. The van der Waals surface area contributed by atoms with Gasteiger partial charge in [-0.2, -0.15) is 13.5 Å². The maximum Gasteiger partial charge on any atom is 0.273 e. The van der Waals surface area contributed by atoms with E-state index < -0.39 is 10.1 Å². The SMILES string of the molecule is CS(=O)(=O)O.Cc1cc(C(=O)Nc2cc(Oc3ccc4nc(NC(=O)C5CC5)cn4n3)ccc2C)n(C)n1. The number of imidazole rings is 1. The molecule has 0 spiro atoms. The number of fused-ring (bicyclic) bond motifs is 1. The molecule has 2 amide bonds. The molecule has 1 fully saturated rings. The van der Waals surface area contributed by atoms with Gasteiger partial charge in [-0.3, -0.25) is 18.8 Å². The molecule has 38 heavy (non-hydrogen) atoms. The lowest BCUT2D eigenvalue weighted by molar-refractivity contribution is -0.117. The van der Waals surface area contributed by atoms with Crippen molar-refractivity contribution in [3.63, 3.8) is 0 Å². The summed E-state index contributed by atoms with van der Waals surface area (Å²) in [7, 11) is -1.94. The number of carbonyl (C=O) groups excluding carboxylic acids is 2. The van der Waals surface area contributed by atoms with Crippen molar-refractivity contribution in [1.29, 1.82) is 0 Å². The van der Waals surface area contributed by atoms with Crippen LogP contribution in [0.15, 0.2) is 42.6 Å². The van der Waals surface area contributed by atoms with Crippen LogP contribution in [0.3, 0.4) is 0 Å². The van der Waals surface area contributed by atoms with Crippen LogP contribution >= 0.6 is 0 Å². The molecule has 4 aromatic rings. The van der Waals surface area contributed by atoms with Crippen LogP contribution in [0.25, 0.3) is 5.65 Å². The van der Waals surface area contributed by atoms with Crippen LogP contribution in [-0.4, -0.2) is 55.4 Å². The maximum atomic E-state index is 12.7. The summed E-state index contributed by atoms with van der Waals surface area (Å²) in [5, 5.41) is 14.4. The first-order chi connectivity index (χ1) is 17.9. The molecule has 1 aliphatic rings. The van der Waals surface area contributed by atoms with E-state index in [2.05, 4.69) is 25.8 Å². The molecular weight excluding hydrogens is 514 g/mol. The average Bonchev–Trinajstić information content (AvgIpc) is 3.51. The molecule has 1 aliphatic carbocycles. The zero-order chi connectivity index (χ0) is 27.6. The minimum atomic E-state index is -3.67. The summed E-state index contributed by atoms with van der Waals surface area (Å²) in [6.45, 7) is 3.74. The number of aromatic nitrogens is 5. The predicted molar refractivity (Wildman–Crippen MR) is 139 cm³/mol. The number of benzene rings is 1. The van der Waals surface area contributed by atoms with Gasteiger partial charge < -0.3 is 15.4 Å². The number of nitrogens with zero attached hydrogens (tertiary/aromatic N) is 5. The summed E-state index contributed by atoms with van der Waals surface area (Å²) >= 11 is 0. The molecule has 0 atom stereocenters. The lowest BCUT2D eigenvalue weighted by Crippen LogP contribution is -2.16. The van der Waals surface area contributed by atoms with Gasteiger partial charge in [0, 0.05) is 30.8 Å². The van der Waals surface area contributed by atoms with E-state index in [1.807, 2.05) is 19.9 Å². The minimum Gasteiger partial charge on any atom is -0.438 e. The number of aryl methyl sites for hydroxylation is 3. The van der Waals surface area contributed by atoms with Gasteiger partial charge in [-0.05, 0) is 50.5 Å². The van der Waals surface area contributed by atoms with Crippen molar-refractivity contribution < 1.29 is 27.3 Å². The quantitative estimate of drug-likeness (QED) is 0.311. The Bertz CT molecular complexity index is 1610. The van der Waals surface area contributed by atoms with E-state index in [1.165, 1.54) is 0 Å². The number of anilines is 2. The van der Waals surface area contributed by atoms with Gasteiger partial charge in [0.2, 0.25) is 11.8 Å². The van der Waals surface area contributed by atoms with E-state index in [9.17, 15) is 18.0 Å². The van der Waals surface area contributed by atoms with Crippen molar-refractivity contribution in [2.24, 2.45) is 13.0 Å². The molecule has 3 N–H and O–H groups in total. The summed E-state index contributed by atoms with van der Waals surface area (Å²) < 4.78 is 34.9. The third kappa shape index (κ3) is 7.14. The molecule has 0 bridgehead atoms. The first-order valence-electron chi connectivity index (χ1n) is 11.6. The molecule has 0 unspecified atom stereocenters. The average molecular weight is 542 g/mol. The summed E-state index contributed by atoms with van der Waals surface area (Å²) in [5.74, 6) is 1.17. The van der Waals surface area contributed by atoms with Gasteiger partial charge in [-0.25, -0.2) is 9.50 Å². The van der Waals surface area contributed by atoms with Crippen LogP contribution in [0, 0.1) is 19.8 Å². The lowest BCUT2D eigenvalue weighted by atomic mass is 10.2. The van der Waals surface area contributed by atoms with Gasteiger partial charge in [0.1, 0.15) is 11.4 Å². The molecule has 1 saturated carbocycles. The Morgan fingerprint density at radius 2 is 1.79 bits per heavy atom. The summed E-state index contributed by atoms with van der Waals surface area (Å²) in [6.07, 6.45) is 4.22. The first kappa shape index (κ1) is 26.8. The fourth-order valence-corrected chi connectivity index (χ4v) is 3.48. The molecule has 5 rings (SSSR count). The minimum absolute atomic E-state index is 0.00889. The Morgan fingerprint density at radius 1 is 1.08 bits per heavy atom. The van der Waals surface area contributed by atoms with Gasteiger partial charge in [-0.1, -0.05) is 6.07 Å². The second-order valence-electron chi connectivity index (χ2n) is 8.92. The number of hydrogen-bond donors (Lipinski definition) is 3. The van der Waals surface area contributed by atoms with E-state index in [4.69, 9.17) is 9.29 Å². The first-order valence-corrected chi connectivity index (χ1v) is 13.4. The number of carbonyl (C=O) groups is 2. The number of ether oxygens (including phenoxy) is 1. The fourth-order valence-electron chi connectivity index (χ4n) is 3.48. The largest absolute Gasteiger partial charge is 0.438 e. The highest BCUT2D eigenvalue weighted by Gasteiger charge is 2.30. The van der Waals surface area contributed by atoms with E-state index >= 15 is 0 Å². The van der Waals surface area contributed by atoms with Crippen LogP contribution in [0.1, 0.15) is 34.6 Å². The monoisotopic (exact) mass is 541 g/mol. The zero-order valence-corrected chi connectivity index (χ0v) is 22.0. The molecule has 3 aromatic heterocycles. The second-order valence-corrected chi connectivity index (χ2v) is 10.4. The van der Waals surface area contributed by atoms with Crippen molar-refractivity contribution >= 4 is 39.1 Å². The van der Waals surface area contributed by atoms with Gasteiger partial charge in [0.25, 0.3) is 16.0 Å². The number of amides is 2. The number of hydrogen-bond acceptors (Lipinski definition) is 8. The van der Waals surface area contributed by atoms with Crippen LogP contribution in [0.2, 0.25) is 0 Å². The number of nitrogens with one attached hydrogen (secondary N) is 2. The molecular formula is C24H27N7O6S. The van der Waals surface area contributed by atoms with Crippen molar-refractivity contribution in [3.05, 3.63) is 59.5 Å². The molecule has 1 aromatic carbocycles. The molecule has 0 saturated heterocycles. The predicted octanol–water partition coefficient (Wildman–Crippen LogP) is 2.98. The fraction of sp³-hybridized carbons (Fsp3) is 0.292. The Balaban J connectivity index is 0.000000617. The Hall–Kier alpha value is -4.30. The zero-order valence-electron chi connectivity index (χ0n) is 21.2. The third-order valence-electron chi connectivity index (χ3n) is 5.41. The second kappa shape index (κ2) is 10.6. The lowest BCUT2D eigenvalue weighted by Gasteiger charge is -2.11. The van der Waals surface area contributed by atoms with Crippen molar-refractivity contribution in [1.82, 2.24) is 24.4 Å². The summed E-state index contributed by atoms with van der Waals surface area (Å²) in [5.41, 5.74) is 3.35. The molecule has 0 radical (unpaired) electrons. The Morgan fingerprint density at radius 3 is 2.42 bits per heavy atom. The molecule has 14 heteroatoms. The van der Waals surface area contributed by atoms with Gasteiger partial charge in [0.05, 0.1) is 18.1 Å². The molecule has 3 heterocycles. The van der Waals surface area contributed by atoms with E-state index in [0.717, 1.165) is 24.1 Å². The van der Waals surface area contributed by atoms with E-state index in [-0.39, 0.29) is 17.7 Å². The van der Waals surface area contributed by atoms with Gasteiger partial charge in [0.15, 0.2) is 11.5 Å². The van der Waals surface area contributed by atoms with Crippen LogP contribution in [0.5, 0.6) is 11.6 Å². The van der Waals surface area contributed by atoms with E-state index in [0.29, 0.717) is 40.7 Å². The smallest absolute Gasteiger partial charge is 0.273 e. The van der Waals surface area contributed by atoms with Crippen LogP contribution in [0.4, 0.5) is 11.5 Å². The summed E-state index contributed by atoms with van der Waals surface area (Å²) in [4.78, 5) is 29.0.